The molecule has 1 atom stereocenters. The molecule has 2 aromatic carbocycles. The predicted molar refractivity (Wildman–Crippen MR) is 186 cm³/mol. The lowest BCUT2D eigenvalue weighted by Gasteiger charge is -2.55. The number of nitrogens with zero attached hydrogens (tertiary/aromatic N) is 6. The van der Waals surface area contributed by atoms with Crippen molar-refractivity contribution in [3.8, 4) is 11.3 Å². The van der Waals surface area contributed by atoms with Gasteiger partial charge in [-0.25, -0.2) is 4.98 Å². The van der Waals surface area contributed by atoms with Gasteiger partial charge in [0.25, 0.3) is 11.5 Å². The molecule has 11 nitrogen and oxygen atoms in total. The van der Waals surface area contributed by atoms with Crippen molar-refractivity contribution in [2.45, 2.75) is 58.3 Å². The molecule has 4 aliphatic heterocycles. The van der Waals surface area contributed by atoms with Crippen LogP contribution in [0.1, 0.15) is 54.1 Å². The van der Waals surface area contributed by atoms with E-state index in [-0.39, 0.29) is 35.1 Å². The van der Waals surface area contributed by atoms with Gasteiger partial charge < -0.3 is 14.4 Å². The molecule has 2 aromatic heterocycles. The lowest BCUT2D eigenvalue weighted by Crippen LogP contribution is -2.60. The van der Waals surface area contributed by atoms with Crippen LogP contribution in [0.3, 0.4) is 0 Å². The van der Waals surface area contributed by atoms with E-state index in [0.717, 1.165) is 73.6 Å². The molecule has 6 heterocycles. The van der Waals surface area contributed by atoms with Crippen molar-refractivity contribution in [2.75, 3.05) is 31.1 Å². The smallest absolute Gasteiger partial charge is 0.276 e. The molecule has 3 fully saturated rings. The summed E-state index contributed by atoms with van der Waals surface area (Å²) in [5.41, 5.74) is 6.20. The Bertz CT molecular complexity index is 2090. The molecule has 0 aliphatic carbocycles. The molecule has 49 heavy (non-hydrogen) atoms. The van der Waals surface area contributed by atoms with Gasteiger partial charge in [-0.15, -0.1) is 0 Å². The Hall–Kier alpha value is -4.74. The van der Waals surface area contributed by atoms with Crippen molar-refractivity contribution >= 4 is 40.5 Å². The first-order chi connectivity index (χ1) is 23.7. The third kappa shape index (κ3) is 5.64. The topological polar surface area (TPSA) is 112 Å². The summed E-state index contributed by atoms with van der Waals surface area (Å²) in [6.07, 6.45) is 11.8. The van der Waals surface area contributed by atoms with Crippen molar-refractivity contribution in [1.82, 2.24) is 29.1 Å². The monoisotopic (exact) mass is 679 g/mol. The highest BCUT2D eigenvalue weighted by Crippen LogP contribution is 2.44. The zero-order valence-corrected chi connectivity index (χ0v) is 28.2. The number of carbonyl (C=O) groups is 3. The lowest BCUT2D eigenvalue weighted by molar-refractivity contribution is -0.136. The number of nitrogens with one attached hydrogen (secondary N) is 1. The standard InChI is InChI=1S/C37H38ClN7O4/c1-2-3-12-42-20-32(45-23-39-17-31(45)36(42)49)24-4-5-26(29(38)15-24)18-41-13-10-37(11-14-41)21-43(22-37)27-7-6-25-19-44(35(48)28(25)16-27)30-8-9-33(46)40-34(30)47/h2-7,15-17,20,23,30H,8-14,18-19,21-22H2,1H3,(H,40,46,47)/b3-2+. The molecule has 0 saturated carbocycles. The normalized spacial score (nSPS) is 20.8. The highest BCUT2D eigenvalue weighted by molar-refractivity contribution is 6.31. The average molecular weight is 680 g/mol. The number of piperidine rings is 2. The first kappa shape index (κ1) is 31.5. The van der Waals surface area contributed by atoms with Crippen molar-refractivity contribution in [3.05, 3.63) is 99.3 Å². The van der Waals surface area contributed by atoms with E-state index in [2.05, 4.69) is 38.3 Å². The second kappa shape index (κ2) is 12.3. The van der Waals surface area contributed by atoms with Gasteiger partial charge >= 0.3 is 0 Å². The summed E-state index contributed by atoms with van der Waals surface area (Å²) in [7, 11) is 0. The summed E-state index contributed by atoms with van der Waals surface area (Å²) in [4.78, 5) is 60.9. The zero-order valence-electron chi connectivity index (χ0n) is 27.4. The van der Waals surface area contributed by atoms with Gasteiger partial charge in [0.1, 0.15) is 11.6 Å². The second-order valence-electron chi connectivity index (χ2n) is 13.9. The largest absolute Gasteiger partial charge is 0.370 e. The Kier molecular flexibility index (Phi) is 7.91. The molecule has 3 saturated heterocycles. The number of likely N-dealkylation sites (tertiary alicyclic amines) is 1. The first-order valence-corrected chi connectivity index (χ1v) is 17.3. The number of amides is 3. The number of aromatic nitrogens is 3. The Morgan fingerprint density at radius 1 is 1.06 bits per heavy atom. The van der Waals surface area contributed by atoms with Crippen molar-refractivity contribution in [3.63, 3.8) is 0 Å². The van der Waals surface area contributed by atoms with Gasteiger partial charge in [0.2, 0.25) is 11.8 Å². The molecule has 12 heteroatoms. The molecule has 4 aliphatic rings. The molecule has 1 N–H and O–H groups in total. The van der Waals surface area contributed by atoms with E-state index in [1.165, 1.54) is 0 Å². The summed E-state index contributed by atoms with van der Waals surface area (Å²) in [6.45, 7) is 7.48. The molecule has 0 radical (unpaired) electrons. The number of hydrogen-bond acceptors (Lipinski definition) is 7. The van der Waals surface area contributed by atoms with Crippen molar-refractivity contribution < 1.29 is 14.4 Å². The maximum absolute atomic E-state index is 13.3. The minimum absolute atomic E-state index is 0.0831. The number of benzene rings is 2. The maximum atomic E-state index is 13.3. The summed E-state index contributed by atoms with van der Waals surface area (Å²) >= 11 is 6.88. The van der Waals surface area contributed by atoms with Crippen molar-refractivity contribution in [2.24, 2.45) is 5.41 Å². The lowest BCUT2D eigenvalue weighted by atomic mass is 9.71. The number of carbonyl (C=O) groups excluding carboxylic acids is 3. The molecule has 4 aromatic rings. The van der Waals surface area contributed by atoms with Crippen LogP contribution in [-0.2, 0) is 29.2 Å². The maximum Gasteiger partial charge on any atom is 0.276 e. The Morgan fingerprint density at radius 2 is 1.88 bits per heavy atom. The third-order valence-electron chi connectivity index (χ3n) is 10.8. The van der Waals surface area contributed by atoms with Gasteiger partial charge in [0, 0.05) is 72.6 Å². The van der Waals surface area contributed by atoms with E-state index in [0.29, 0.717) is 35.6 Å². The van der Waals surface area contributed by atoms with Crippen LogP contribution in [0.15, 0.2) is 72.1 Å². The van der Waals surface area contributed by atoms with E-state index in [1.807, 2.05) is 47.9 Å². The summed E-state index contributed by atoms with van der Waals surface area (Å²) in [5, 5.41) is 3.07. The minimum Gasteiger partial charge on any atom is -0.370 e. The van der Waals surface area contributed by atoms with Crippen LogP contribution in [-0.4, -0.2) is 73.7 Å². The van der Waals surface area contributed by atoms with Crippen LogP contribution in [0.4, 0.5) is 5.69 Å². The molecule has 1 spiro atoms. The Morgan fingerprint density at radius 3 is 2.63 bits per heavy atom. The number of hydrogen-bond donors (Lipinski definition) is 1. The Labute approximate surface area is 288 Å². The van der Waals surface area contributed by atoms with Gasteiger partial charge in [-0.2, -0.15) is 0 Å². The van der Waals surface area contributed by atoms with Gasteiger partial charge in [-0.3, -0.25) is 33.8 Å². The molecule has 0 bridgehead atoms. The number of fused-ring (bicyclic) bond motifs is 2. The van der Waals surface area contributed by atoms with E-state index in [4.69, 9.17) is 11.6 Å². The summed E-state index contributed by atoms with van der Waals surface area (Å²) in [5.74, 6) is -0.798. The first-order valence-electron chi connectivity index (χ1n) is 16.9. The van der Waals surface area contributed by atoms with Gasteiger partial charge in [-0.05, 0) is 68.6 Å². The number of imidazole rings is 1. The zero-order chi connectivity index (χ0) is 33.9. The average Bonchev–Trinajstić information content (AvgIpc) is 3.70. The number of allylic oxidation sites excluding steroid dienone is 2. The number of imide groups is 1. The summed E-state index contributed by atoms with van der Waals surface area (Å²) < 4.78 is 3.52. The fourth-order valence-corrected chi connectivity index (χ4v) is 8.13. The van der Waals surface area contributed by atoms with Crippen LogP contribution < -0.4 is 15.8 Å². The third-order valence-corrected chi connectivity index (χ3v) is 11.1. The fourth-order valence-electron chi connectivity index (χ4n) is 7.89. The second-order valence-corrected chi connectivity index (χ2v) is 14.3. The Balaban J connectivity index is 0.888. The minimum atomic E-state index is -0.600. The predicted octanol–water partition coefficient (Wildman–Crippen LogP) is 4.26. The number of anilines is 1. The van der Waals surface area contributed by atoms with Crippen molar-refractivity contribution in [1.29, 1.82) is 0 Å². The van der Waals surface area contributed by atoms with Crippen LogP contribution >= 0.6 is 11.6 Å². The molecule has 252 valence electrons. The fraction of sp³-hybridized carbons (Fsp3) is 0.378. The van der Waals surface area contributed by atoms with Gasteiger partial charge in [0.05, 0.1) is 18.2 Å². The van der Waals surface area contributed by atoms with Crippen LogP contribution in [0.2, 0.25) is 5.02 Å². The van der Waals surface area contributed by atoms with Crippen LogP contribution in [0.25, 0.3) is 16.8 Å². The summed E-state index contributed by atoms with van der Waals surface area (Å²) in [6, 6.07) is 11.6. The van der Waals surface area contributed by atoms with E-state index < -0.39 is 6.04 Å². The van der Waals surface area contributed by atoms with Gasteiger partial charge in [-0.1, -0.05) is 42.0 Å². The molecule has 8 rings (SSSR count). The van der Waals surface area contributed by atoms with Crippen LogP contribution in [0.5, 0.6) is 0 Å². The molecular formula is C37H38ClN7O4. The molecular weight excluding hydrogens is 642 g/mol. The highest BCUT2D eigenvalue weighted by Gasteiger charge is 2.46. The van der Waals surface area contributed by atoms with E-state index in [1.54, 1.807) is 22.0 Å². The van der Waals surface area contributed by atoms with E-state index in [9.17, 15) is 19.2 Å². The van der Waals surface area contributed by atoms with Gasteiger partial charge in [0.15, 0.2) is 0 Å². The quantitative estimate of drug-likeness (QED) is 0.230. The number of halogens is 1. The SMILES string of the molecule is C/C=C/Cn1cc(-c2ccc(CN3CCC4(CC3)CN(c3ccc5c(c3)C(=O)N(C3CCC(=O)NC3=O)C5)C4)c(Cl)c2)n2cncc2c1=O. The molecule has 3 amide bonds. The highest BCUT2D eigenvalue weighted by atomic mass is 35.5. The van der Waals surface area contributed by atoms with Crippen LogP contribution in [0, 0.1) is 5.41 Å². The van der Waals surface area contributed by atoms with E-state index >= 15 is 0 Å². The molecule has 1 unspecified atom stereocenters. The number of rotatable bonds is 7.